The molecular formula is C40H57NO16S. The molecule has 0 bridgehead atoms. The van der Waals surface area contributed by atoms with Gasteiger partial charge < -0.3 is 49.6 Å². The van der Waals surface area contributed by atoms with E-state index in [4.69, 9.17) is 18.9 Å². The molecule has 6 N–H and O–H groups in total. The van der Waals surface area contributed by atoms with Gasteiger partial charge >= 0.3 is 5.97 Å². The number of aliphatic hydroxyl groups is 6. The molecule has 3 aliphatic heterocycles. The zero-order valence-electron chi connectivity index (χ0n) is 34.3. The predicted octanol–water partition coefficient (Wildman–Crippen LogP) is 0.931. The molecule has 13 atom stereocenters. The molecule has 1 unspecified atom stereocenters. The summed E-state index contributed by atoms with van der Waals surface area (Å²) in [5.74, 6) is -7.33. The first-order chi connectivity index (χ1) is 26.8. The molecule has 0 radical (unpaired) electrons. The quantitative estimate of drug-likeness (QED) is 0.141. The maximum Gasteiger partial charge on any atom is 0.309 e. The first-order valence-corrected chi connectivity index (χ1v) is 20.2. The molecular weight excluding hydrogens is 782 g/mol. The van der Waals surface area contributed by atoms with Gasteiger partial charge in [0.2, 0.25) is 11.2 Å². The van der Waals surface area contributed by atoms with Crippen LogP contribution in [0.3, 0.4) is 0 Å². The van der Waals surface area contributed by atoms with Gasteiger partial charge in [0.05, 0.1) is 41.9 Å². The van der Waals surface area contributed by atoms with Crippen molar-refractivity contribution in [2.75, 3.05) is 0 Å². The van der Waals surface area contributed by atoms with Crippen molar-refractivity contribution < 1.29 is 78.4 Å². The van der Waals surface area contributed by atoms with E-state index in [0.717, 1.165) is 38.5 Å². The van der Waals surface area contributed by atoms with E-state index in [1.54, 1.807) is 25.3 Å². The summed E-state index contributed by atoms with van der Waals surface area (Å²) in [5.41, 5.74) is -11.0. The fraction of sp³-hybridized carbons (Fsp3) is 0.725. The van der Waals surface area contributed by atoms with E-state index >= 15 is 0 Å². The summed E-state index contributed by atoms with van der Waals surface area (Å²) < 4.78 is 23.0. The number of aliphatic hydroxyl groups excluding tert-OH is 3. The van der Waals surface area contributed by atoms with E-state index in [1.165, 1.54) is 13.8 Å². The van der Waals surface area contributed by atoms with Crippen molar-refractivity contribution in [3.05, 3.63) is 21.7 Å². The molecule has 3 aliphatic rings. The number of hydrogen-bond donors (Lipinski definition) is 6. The normalized spacial score (nSPS) is 38.3. The SMILES string of the molecule is CC(=O)C(O)[C@H]1O[C@@H](OCc2nc(/C=C(\C)[C@@H]3C[C@@H]4O[C@@H]4CCC[C@@H](C)[C@H](O)[C@@H](C)C(=O)C(C)(C)[C@@H](O)CC(=O)O3)cs2)[C@@](O)(C(C)=O)[C@](O)(C(C)=O)[C@@]1(O)C(C)=O. The van der Waals surface area contributed by atoms with Crippen LogP contribution < -0.4 is 0 Å². The highest BCUT2D eigenvalue weighted by Crippen LogP contribution is 2.48. The van der Waals surface area contributed by atoms with Crippen LogP contribution in [0.5, 0.6) is 0 Å². The minimum atomic E-state index is -3.65. The largest absolute Gasteiger partial charge is 0.458 e. The second-order valence-electron chi connectivity index (χ2n) is 16.6. The maximum atomic E-state index is 13.4. The zero-order chi connectivity index (χ0) is 43.9. The number of nitrogens with zero attached hydrogens (tertiary/aromatic N) is 1. The van der Waals surface area contributed by atoms with E-state index in [0.29, 0.717) is 31.0 Å². The maximum absolute atomic E-state index is 13.4. The van der Waals surface area contributed by atoms with Gasteiger partial charge in [0.25, 0.3) is 0 Å². The van der Waals surface area contributed by atoms with Crippen molar-refractivity contribution in [1.82, 2.24) is 4.98 Å². The highest BCUT2D eigenvalue weighted by molar-refractivity contribution is 7.09. The predicted molar refractivity (Wildman–Crippen MR) is 204 cm³/mol. The molecule has 58 heavy (non-hydrogen) atoms. The Balaban J connectivity index is 1.59. The van der Waals surface area contributed by atoms with Crippen LogP contribution in [0.15, 0.2) is 11.0 Å². The van der Waals surface area contributed by atoms with E-state index in [-0.39, 0.29) is 35.3 Å². The van der Waals surface area contributed by atoms with Gasteiger partial charge in [0.15, 0.2) is 35.0 Å². The van der Waals surface area contributed by atoms with Crippen LogP contribution in [0.25, 0.3) is 6.08 Å². The van der Waals surface area contributed by atoms with Crippen LogP contribution in [-0.2, 0) is 54.3 Å². The van der Waals surface area contributed by atoms with Crippen LogP contribution in [0.1, 0.15) is 105 Å². The van der Waals surface area contributed by atoms with Crippen molar-refractivity contribution >= 4 is 52.3 Å². The Hall–Kier alpha value is -3.17. The lowest BCUT2D eigenvalue weighted by Crippen LogP contribution is -2.87. The van der Waals surface area contributed by atoms with Gasteiger partial charge in [-0.15, -0.1) is 11.3 Å². The average molecular weight is 840 g/mol. The lowest BCUT2D eigenvalue weighted by Gasteiger charge is -2.57. The highest BCUT2D eigenvalue weighted by atomic mass is 32.1. The Labute approximate surface area is 340 Å². The lowest BCUT2D eigenvalue weighted by atomic mass is 9.60. The van der Waals surface area contributed by atoms with Gasteiger partial charge in [0, 0.05) is 17.7 Å². The van der Waals surface area contributed by atoms with Gasteiger partial charge in [-0.1, -0.05) is 34.1 Å². The number of carbonyl (C=O) groups excluding carboxylic acids is 6. The molecule has 3 fully saturated rings. The van der Waals surface area contributed by atoms with Crippen molar-refractivity contribution in [2.24, 2.45) is 17.3 Å². The third-order valence-electron chi connectivity index (χ3n) is 12.1. The summed E-state index contributed by atoms with van der Waals surface area (Å²) in [4.78, 5) is 82.3. The average Bonchev–Trinajstić information content (AvgIpc) is 3.73. The summed E-state index contributed by atoms with van der Waals surface area (Å²) >= 11 is 1.04. The van der Waals surface area contributed by atoms with Crippen molar-refractivity contribution in [3.8, 4) is 0 Å². The van der Waals surface area contributed by atoms with Gasteiger partial charge in [-0.25, -0.2) is 4.98 Å². The number of esters is 1. The second kappa shape index (κ2) is 17.8. The van der Waals surface area contributed by atoms with Gasteiger partial charge in [-0.3, -0.25) is 28.8 Å². The number of ketones is 5. The molecule has 0 spiro atoms. The number of ether oxygens (including phenoxy) is 4. The summed E-state index contributed by atoms with van der Waals surface area (Å²) in [6, 6.07) is 0. The van der Waals surface area contributed by atoms with Gasteiger partial charge in [-0.05, 0) is 65.0 Å². The number of aromatic nitrogens is 1. The van der Waals surface area contributed by atoms with Crippen molar-refractivity contribution in [3.63, 3.8) is 0 Å². The van der Waals surface area contributed by atoms with Crippen molar-refractivity contribution in [1.29, 1.82) is 0 Å². The number of epoxide rings is 1. The fourth-order valence-corrected chi connectivity index (χ4v) is 8.70. The molecule has 0 aliphatic carbocycles. The summed E-state index contributed by atoms with van der Waals surface area (Å²) in [6.07, 6.45) is -6.97. The molecule has 324 valence electrons. The smallest absolute Gasteiger partial charge is 0.309 e. The molecule has 3 saturated heterocycles. The number of fused-ring (bicyclic) bond motifs is 1. The Morgan fingerprint density at radius 3 is 2.14 bits per heavy atom. The minimum Gasteiger partial charge on any atom is -0.458 e. The van der Waals surface area contributed by atoms with Crippen LogP contribution in [-0.4, -0.2) is 136 Å². The standard InChI is InChI=1S/C40H57NO16S/c1-18-11-10-12-26-28(55-26)14-27(56-31(47)15-29(46)37(8,9)34(50)20(3)32(18)48)19(2)13-25-17-58-30(41-25)16-54-36-39(52,23(6)44)40(53,24(7)45)38(51,22(5)43)35(57-36)33(49)21(4)42/h13,17-18,20,26-29,32-33,35-36,46,48-49,51-53H,10-12,14-16H2,1-9H3/b19-13+/t18-,20-,26-,27+,28+,29+,32+,33?,35-,36-,38-,39+,40+/m1/s1. The molecule has 17 nitrogen and oxygen atoms in total. The van der Waals surface area contributed by atoms with Crippen LogP contribution in [0.4, 0.5) is 0 Å². The monoisotopic (exact) mass is 839 g/mol. The van der Waals surface area contributed by atoms with E-state index in [9.17, 15) is 59.4 Å². The lowest BCUT2D eigenvalue weighted by molar-refractivity contribution is -0.374. The van der Waals surface area contributed by atoms with Crippen LogP contribution >= 0.6 is 11.3 Å². The Morgan fingerprint density at radius 1 is 0.948 bits per heavy atom. The summed E-state index contributed by atoms with van der Waals surface area (Å²) in [6.45, 7) is 10.8. The molecule has 0 amide bonds. The van der Waals surface area contributed by atoms with E-state index in [1.807, 2.05) is 6.92 Å². The van der Waals surface area contributed by atoms with Gasteiger partial charge in [-0.2, -0.15) is 0 Å². The second-order valence-corrected chi connectivity index (χ2v) is 17.6. The first-order valence-electron chi connectivity index (χ1n) is 19.3. The van der Waals surface area contributed by atoms with Gasteiger partial charge in [0.1, 0.15) is 35.7 Å². The zero-order valence-corrected chi connectivity index (χ0v) is 35.1. The Kier molecular flexibility index (Phi) is 14.6. The topological polar surface area (TPSA) is 277 Å². The third kappa shape index (κ3) is 8.82. The highest BCUT2D eigenvalue weighted by Gasteiger charge is 2.79. The number of thiazole rings is 1. The van der Waals surface area contributed by atoms with Crippen LogP contribution in [0.2, 0.25) is 0 Å². The number of hydrogen-bond acceptors (Lipinski definition) is 18. The summed E-state index contributed by atoms with van der Waals surface area (Å²) in [7, 11) is 0. The molecule has 1 aromatic rings. The van der Waals surface area contributed by atoms with Crippen molar-refractivity contribution in [2.45, 2.75) is 167 Å². The molecule has 18 heteroatoms. The number of Topliss-reactive ketones (excluding diaryl/α,β-unsaturated/α-hetero) is 5. The number of carbonyl (C=O) groups is 6. The number of rotatable bonds is 10. The molecule has 0 saturated carbocycles. The Morgan fingerprint density at radius 2 is 1.57 bits per heavy atom. The van der Waals surface area contributed by atoms with E-state index in [2.05, 4.69) is 4.98 Å². The minimum absolute atomic E-state index is 0.100. The van der Waals surface area contributed by atoms with E-state index < -0.39 is 107 Å². The third-order valence-corrected chi connectivity index (χ3v) is 13.0. The molecule has 0 aromatic carbocycles. The number of cyclic esters (lactones) is 1. The molecule has 4 rings (SSSR count). The fourth-order valence-electron chi connectivity index (χ4n) is 8.03. The molecule has 1 aromatic heterocycles. The van der Waals surface area contributed by atoms with Crippen LogP contribution in [0, 0.1) is 17.3 Å². The Bertz CT molecular complexity index is 1790. The summed E-state index contributed by atoms with van der Waals surface area (Å²) in [5, 5.41) is 69.4. The molecule has 4 heterocycles. The first kappa shape index (κ1) is 47.5.